The molecule has 0 atom stereocenters. The van der Waals surface area contributed by atoms with Gasteiger partial charge >= 0.3 is 0 Å². The molecule has 4 heteroatoms. The number of aromatic nitrogens is 2. The van der Waals surface area contributed by atoms with Crippen LogP contribution in [-0.4, -0.2) is 40.5 Å². The van der Waals surface area contributed by atoms with Crippen LogP contribution in [0.3, 0.4) is 0 Å². The number of nitrogens with zero attached hydrogens (tertiary/aromatic N) is 3. The van der Waals surface area contributed by atoms with Crippen LogP contribution in [0.25, 0.3) is 0 Å². The second-order valence-corrected chi connectivity index (χ2v) is 4.21. The molecule has 0 aliphatic carbocycles. The summed E-state index contributed by atoms with van der Waals surface area (Å²) in [6.45, 7) is 6.43. The molecule has 88 valence electrons. The first kappa shape index (κ1) is 11.5. The third-order valence-corrected chi connectivity index (χ3v) is 3.20. The summed E-state index contributed by atoms with van der Waals surface area (Å²) in [7, 11) is 0. The summed E-state index contributed by atoms with van der Waals surface area (Å²) < 4.78 is 0. The summed E-state index contributed by atoms with van der Waals surface area (Å²) in [4.78, 5) is 11.1. The second-order valence-electron chi connectivity index (χ2n) is 4.21. The van der Waals surface area contributed by atoms with Crippen LogP contribution in [0.4, 0.5) is 0 Å². The Bertz CT molecular complexity index is 295. The maximum absolute atomic E-state index is 4.29. The monoisotopic (exact) mass is 220 g/mol. The maximum Gasteiger partial charge on any atom is 0.142 e. The van der Waals surface area contributed by atoms with Gasteiger partial charge < -0.3 is 5.32 Å². The van der Waals surface area contributed by atoms with E-state index in [1.807, 2.05) is 18.5 Å². The molecule has 0 amide bonds. The zero-order valence-electron chi connectivity index (χ0n) is 9.89. The van der Waals surface area contributed by atoms with Gasteiger partial charge in [0, 0.05) is 18.4 Å². The van der Waals surface area contributed by atoms with Gasteiger partial charge in [-0.25, -0.2) is 9.97 Å². The van der Waals surface area contributed by atoms with Gasteiger partial charge in [0.05, 0.1) is 6.54 Å². The smallest absolute Gasteiger partial charge is 0.142 e. The Morgan fingerprint density at radius 2 is 2.00 bits per heavy atom. The maximum atomic E-state index is 4.29. The van der Waals surface area contributed by atoms with Gasteiger partial charge in [-0.1, -0.05) is 6.92 Å². The average Bonchev–Trinajstić information content (AvgIpc) is 2.38. The molecule has 1 saturated heterocycles. The number of hydrogen-bond donors (Lipinski definition) is 1. The summed E-state index contributed by atoms with van der Waals surface area (Å²) in [6, 6.07) is 2.56. The fourth-order valence-electron chi connectivity index (χ4n) is 2.26. The van der Waals surface area contributed by atoms with Crippen LogP contribution >= 0.6 is 0 Å². The lowest BCUT2D eigenvalue weighted by Crippen LogP contribution is -2.42. The third kappa shape index (κ3) is 3.00. The van der Waals surface area contributed by atoms with Crippen molar-refractivity contribution in [1.82, 2.24) is 20.2 Å². The van der Waals surface area contributed by atoms with Gasteiger partial charge in [-0.15, -0.1) is 0 Å². The molecule has 0 unspecified atom stereocenters. The molecule has 1 N–H and O–H groups in total. The van der Waals surface area contributed by atoms with Crippen LogP contribution in [0, 0.1) is 0 Å². The van der Waals surface area contributed by atoms with E-state index in [0.717, 1.165) is 32.0 Å². The molecular weight excluding hydrogens is 200 g/mol. The highest BCUT2D eigenvalue weighted by atomic mass is 15.2. The lowest BCUT2D eigenvalue weighted by molar-refractivity contribution is 0.158. The standard InChI is InChI=1S/C12H20N4/c1-2-16(11-4-8-13-9-5-11)10-12-14-6-3-7-15-12/h3,6-7,11,13H,2,4-5,8-10H2,1H3. The van der Waals surface area contributed by atoms with Crippen molar-refractivity contribution in [2.45, 2.75) is 32.4 Å². The fourth-order valence-corrected chi connectivity index (χ4v) is 2.26. The van der Waals surface area contributed by atoms with E-state index >= 15 is 0 Å². The molecule has 2 rings (SSSR count). The Morgan fingerprint density at radius 3 is 2.62 bits per heavy atom. The molecule has 0 aromatic carbocycles. The van der Waals surface area contributed by atoms with Crippen molar-refractivity contribution in [2.24, 2.45) is 0 Å². The van der Waals surface area contributed by atoms with E-state index in [1.165, 1.54) is 12.8 Å². The molecule has 1 aromatic heterocycles. The number of rotatable bonds is 4. The summed E-state index contributed by atoms with van der Waals surface area (Å²) >= 11 is 0. The van der Waals surface area contributed by atoms with E-state index < -0.39 is 0 Å². The summed E-state index contributed by atoms with van der Waals surface area (Å²) in [5.74, 6) is 0.933. The van der Waals surface area contributed by atoms with Crippen LogP contribution < -0.4 is 5.32 Å². The van der Waals surface area contributed by atoms with Gasteiger partial charge in [-0.3, -0.25) is 4.90 Å². The average molecular weight is 220 g/mol. The molecule has 16 heavy (non-hydrogen) atoms. The molecule has 4 nitrogen and oxygen atoms in total. The van der Waals surface area contributed by atoms with Crippen LogP contribution in [0.2, 0.25) is 0 Å². The highest BCUT2D eigenvalue weighted by Crippen LogP contribution is 2.13. The number of piperidine rings is 1. The first-order chi connectivity index (χ1) is 7.90. The summed E-state index contributed by atoms with van der Waals surface area (Å²) in [5.41, 5.74) is 0. The quantitative estimate of drug-likeness (QED) is 0.823. The first-order valence-electron chi connectivity index (χ1n) is 6.11. The molecule has 0 radical (unpaired) electrons. The molecule has 0 spiro atoms. The Balaban J connectivity index is 1.94. The number of hydrogen-bond acceptors (Lipinski definition) is 4. The van der Waals surface area contributed by atoms with E-state index in [4.69, 9.17) is 0 Å². The molecular formula is C12H20N4. The fraction of sp³-hybridized carbons (Fsp3) is 0.667. The Morgan fingerprint density at radius 1 is 1.31 bits per heavy atom. The largest absolute Gasteiger partial charge is 0.317 e. The van der Waals surface area contributed by atoms with Gasteiger partial charge in [-0.2, -0.15) is 0 Å². The van der Waals surface area contributed by atoms with E-state index in [2.05, 4.69) is 27.1 Å². The van der Waals surface area contributed by atoms with Gasteiger partial charge in [0.1, 0.15) is 5.82 Å². The van der Waals surface area contributed by atoms with Crippen LogP contribution in [0.5, 0.6) is 0 Å². The molecule has 1 aliphatic rings. The highest BCUT2D eigenvalue weighted by Gasteiger charge is 2.20. The van der Waals surface area contributed by atoms with Crippen LogP contribution in [-0.2, 0) is 6.54 Å². The molecule has 1 fully saturated rings. The Hall–Kier alpha value is -1.00. The predicted octanol–water partition coefficient (Wildman–Crippen LogP) is 1.05. The first-order valence-corrected chi connectivity index (χ1v) is 6.11. The zero-order valence-corrected chi connectivity index (χ0v) is 9.89. The Labute approximate surface area is 97.1 Å². The van der Waals surface area contributed by atoms with Crippen molar-refractivity contribution in [1.29, 1.82) is 0 Å². The summed E-state index contributed by atoms with van der Waals surface area (Å²) in [6.07, 6.45) is 6.11. The van der Waals surface area contributed by atoms with Crippen molar-refractivity contribution in [3.63, 3.8) is 0 Å². The molecule has 0 bridgehead atoms. The van der Waals surface area contributed by atoms with Crippen LogP contribution in [0.1, 0.15) is 25.6 Å². The van der Waals surface area contributed by atoms with Gasteiger partial charge in [0.25, 0.3) is 0 Å². The minimum atomic E-state index is 0.690. The SMILES string of the molecule is CCN(Cc1ncccn1)C1CCNCC1. The minimum Gasteiger partial charge on any atom is -0.317 e. The Kier molecular flexibility index (Phi) is 4.25. The molecule has 1 aromatic rings. The van der Waals surface area contributed by atoms with Crippen LogP contribution in [0.15, 0.2) is 18.5 Å². The van der Waals surface area contributed by atoms with E-state index in [-0.39, 0.29) is 0 Å². The van der Waals surface area contributed by atoms with Crippen molar-refractivity contribution in [3.8, 4) is 0 Å². The van der Waals surface area contributed by atoms with Crippen molar-refractivity contribution in [3.05, 3.63) is 24.3 Å². The minimum absolute atomic E-state index is 0.690. The molecule has 2 heterocycles. The van der Waals surface area contributed by atoms with E-state index in [0.29, 0.717) is 6.04 Å². The van der Waals surface area contributed by atoms with Gasteiger partial charge in [-0.05, 0) is 38.5 Å². The normalized spacial score (nSPS) is 17.9. The molecule has 0 saturated carbocycles. The lowest BCUT2D eigenvalue weighted by Gasteiger charge is -2.33. The summed E-state index contributed by atoms with van der Waals surface area (Å²) in [5, 5.41) is 3.40. The van der Waals surface area contributed by atoms with Crippen molar-refractivity contribution < 1.29 is 0 Å². The van der Waals surface area contributed by atoms with Crippen molar-refractivity contribution >= 4 is 0 Å². The predicted molar refractivity (Wildman–Crippen MR) is 64.0 cm³/mol. The zero-order chi connectivity index (χ0) is 11.2. The van der Waals surface area contributed by atoms with Gasteiger partial charge in [0.15, 0.2) is 0 Å². The second kappa shape index (κ2) is 5.92. The van der Waals surface area contributed by atoms with Crippen molar-refractivity contribution in [2.75, 3.05) is 19.6 Å². The molecule has 1 aliphatic heterocycles. The number of nitrogens with one attached hydrogen (secondary N) is 1. The lowest BCUT2D eigenvalue weighted by atomic mass is 10.0. The highest BCUT2D eigenvalue weighted by molar-refractivity contribution is 4.90. The van der Waals surface area contributed by atoms with Gasteiger partial charge in [0.2, 0.25) is 0 Å². The third-order valence-electron chi connectivity index (χ3n) is 3.20. The van der Waals surface area contributed by atoms with E-state index in [9.17, 15) is 0 Å². The van der Waals surface area contributed by atoms with E-state index in [1.54, 1.807) is 0 Å². The topological polar surface area (TPSA) is 41.1 Å².